The van der Waals surface area contributed by atoms with Crippen LogP contribution in [0.1, 0.15) is 43.6 Å². The number of rotatable bonds is 8. The molecule has 4 nitrogen and oxygen atoms in total. The van der Waals surface area contributed by atoms with Crippen molar-refractivity contribution in [3.8, 4) is 5.75 Å². The Balaban J connectivity index is 1.46. The van der Waals surface area contributed by atoms with Gasteiger partial charge in [-0.3, -0.25) is 14.2 Å². The van der Waals surface area contributed by atoms with E-state index in [9.17, 15) is 8.78 Å². The minimum Gasteiger partial charge on any atom is -0.489 e. The fourth-order valence-electron chi connectivity index (χ4n) is 5.63. The lowest BCUT2D eigenvalue weighted by Gasteiger charge is -2.43. The van der Waals surface area contributed by atoms with Crippen LogP contribution in [0.4, 0.5) is 17.6 Å². The molecule has 0 aliphatic carbocycles. The van der Waals surface area contributed by atoms with Crippen LogP contribution in [0.2, 0.25) is 0 Å². The maximum Gasteiger partial charge on any atom is 0.200 e. The van der Waals surface area contributed by atoms with Gasteiger partial charge in [0, 0.05) is 60.3 Å². The first-order chi connectivity index (χ1) is 17.2. The molecule has 194 valence electrons. The van der Waals surface area contributed by atoms with E-state index in [-0.39, 0.29) is 43.1 Å². The van der Waals surface area contributed by atoms with Crippen molar-refractivity contribution >= 4 is 10.9 Å². The Morgan fingerprint density at radius 3 is 2.56 bits per heavy atom. The van der Waals surface area contributed by atoms with Gasteiger partial charge in [0.05, 0.1) is 12.7 Å². The monoisotopic (exact) mass is 503 g/mol. The number of nitrogens with one attached hydrogen (secondary N) is 1. The molecule has 1 saturated heterocycles. The Morgan fingerprint density at radius 2 is 1.83 bits per heavy atom. The Hall–Kier alpha value is -2.58. The van der Waals surface area contributed by atoms with Crippen molar-refractivity contribution in [1.29, 1.82) is 0 Å². The summed E-state index contributed by atoms with van der Waals surface area (Å²) in [4.78, 5) is 7.35. The molecule has 2 aliphatic rings. The first kappa shape index (κ1) is 25.1. The SMILES string of the molecule is C[C@@H]1Cc2c([nH]c3ccccc23)[C@@H](c2ccc(OCCN3CC(CF)C3)c(F)c2F)N1CC(C)(C)F. The van der Waals surface area contributed by atoms with E-state index in [1.54, 1.807) is 6.07 Å². The number of aromatic amines is 1. The van der Waals surface area contributed by atoms with Crippen LogP contribution in [0.25, 0.3) is 10.9 Å². The molecule has 0 saturated carbocycles. The van der Waals surface area contributed by atoms with Gasteiger partial charge in [-0.1, -0.05) is 24.3 Å². The Bertz CT molecular complexity index is 1230. The minimum atomic E-state index is -1.52. The van der Waals surface area contributed by atoms with Crippen LogP contribution < -0.4 is 4.74 Å². The van der Waals surface area contributed by atoms with Gasteiger partial charge in [-0.15, -0.1) is 0 Å². The van der Waals surface area contributed by atoms with Gasteiger partial charge in [0.25, 0.3) is 0 Å². The molecule has 3 heterocycles. The molecule has 8 heteroatoms. The predicted octanol–water partition coefficient (Wildman–Crippen LogP) is 5.81. The summed E-state index contributed by atoms with van der Waals surface area (Å²) in [5.41, 5.74) is 1.37. The number of aromatic nitrogens is 1. The van der Waals surface area contributed by atoms with E-state index in [1.807, 2.05) is 41.0 Å². The number of hydrogen-bond donors (Lipinski definition) is 1. The third-order valence-corrected chi connectivity index (χ3v) is 7.36. The quantitative estimate of drug-likeness (QED) is 0.394. The van der Waals surface area contributed by atoms with Crippen molar-refractivity contribution in [2.24, 2.45) is 5.92 Å². The van der Waals surface area contributed by atoms with E-state index >= 15 is 8.78 Å². The van der Waals surface area contributed by atoms with Crippen molar-refractivity contribution in [3.05, 3.63) is 64.9 Å². The number of H-pyrrole nitrogens is 1. The van der Waals surface area contributed by atoms with Crippen LogP contribution in [0.15, 0.2) is 36.4 Å². The second-order valence-corrected chi connectivity index (χ2v) is 10.8. The summed E-state index contributed by atoms with van der Waals surface area (Å²) in [7, 11) is 0. The van der Waals surface area contributed by atoms with Gasteiger partial charge in [0.1, 0.15) is 12.3 Å². The number of benzene rings is 2. The van der Waals surface area contributed by atoms with E-state index in [4.69, 9.17) is 4.74 Å². The summed E-state index contributed by atoms with van der Waals surface area (Å²) >= 11 is 0. The molecule has 1 N–H and O–H groups in total. The number of likely N-dealkylation sites (tertiary alicyclic amines) is 1. The van der Waals surface area contributed by atoms with Gasteiger partial charge in [0.2, 0.25) is 5.82 Å². The Morgan fingerprint density at radius 1 is 1.08 bits per heavy atom. The topological polar surface area (TPSA) is 31.5 Å². The average molecular weight is 504 g/mol. The fourth-order valence-corrected chi connectivity index (χ4v) is 5.63. The number of hydrogen-bond acceptors (Lipinski definition) is 3. The Kier molecular flexibility index (Phi) is 6.76. The molecule has 0 radical (unpaired) electrons. The number of para-hydroxylation sites is 1. The predicted molar refractivity (Wildman–Crippen MR) is 133 cm³/mol. The zero-order valence-corrected chi connectivity index (χ0v) is 21.0. The van der Waals surface area contributed by atoms with Crippen LogP contribution in [-0.4, -0.2) is 66.0 Å². The van der Waals surface area contributed by atoms with E-state index in [2.05, 4.69) is 4.98 Å². The summed E-state index contributed by atoms with van der Waals surface area (Å²) in [6.07, 6.45) is 0.678. The molecule has 2 atom stereocenters. The molecule has 1 aromatic heterocycles. The molecule has 36 heavy (non-hydrogen) atoms. The number of alkyl halides is 2. The van der Waals surface area contributed by atoms with E-state index in [0.717, 1.165) is 22.2 Å². The van der Waals surface area contributed by atoms with Gasteiger partial charge in [-0.05, 0) is 44.9 Å². The number of nitrogens with zero attached hydrogens (tertiary/aromatic N) is 2. The van der Waals surface area contributed by atoms with Crippen molar-refractivity contribution < 1.29 is 22.3 Å². The van der Waals surface area contributed by atoms with Crippen molar-refractivity contribution in [3.63, 3.8) is 0 Å². The first-order valence-electron chi connectivity index (χ1n) is 12.6. The van der Waals surface area contributed by atoms with Crippen molar-refractivity contribution in [2.45, 2.75) is 44.9 Å². The van der Waals surface area contributed by atoms with Gasteiger partial charge >= 0.3 is 0 Å². The second-order valence-electron chi connectivity index (χ2n) is 10.8. The highest BCUT2D eigenvalue weighted by Gasteiger charge is 2.40. The zero-order chi connectivity index (χ0) is 25.6. The van der Waals surface area contributed by atoms with E-state index < -0.39 is 23.3 Å². The van der Waals surface area contributed by atoms with Crippen LogP contribution in [0, 0.1) is 17.6 Å². The van der Waals surface area contributed by atoms with E-state index in [0.29, 0.717) is 26.1 Å². The van der Waals surface area contributed by atoms with E-state index in [1.165, 1.54) is 19.9 Å². The van der Waals surface area contributed by atoms with Crippen LogP contribution in [0.5, 0.6) is 5.75 Å². The summed E-state index contributed by atoms with van der Waals surface area (Å²) in [6, 6.07) is 10.1. The Labute approximate surface area is 209 Å². The lowest BCUT2D eigenvalue weighted by molar-refractivity contribution is 0.0642. The smallest absolute Gasteiger partial charge is 0.200 e. The highest BCUT2D eigenvalue weighted by Crippen LogP contribution is 2.43. The van der Waals surface area contributed by atoms with Crippen molar-refractivity contribution in [2.75, 3.05) is 39.5 Å². The largest absolute Gasteiger partial charge is 0.489 e. The second kappa shape index (κ2) is 9.71. The van der Waals surface area contributed by atoms with Gasteiger partial charge < -0.3 is 9.72 Å². The number of ether oxygens (including phenoxy) is 1. The summed E-state index contributed by atoms with van der Waals surface area (Å²) in [5.74, 6) is -2.13. The fraction of sp³-hybridized carbons (Fsp3) is 0.500. The molecule has 3 aromatic rings. The average Bonchev–Trinajstić information content (AvgIpc) is 3.16. The third-order valence-electron chi connectivity index (χ3n) is 7.36. The highest BCUT2D eigenvalue weighted by atomic mass is 19.2. The molecule has 1 fully saturated rings. The molecule has 0 spiro atoms. The summed E-state index contributed by atoms with van der Waals surface area (Å²) < 4.78 is 63.9. The molecule has 2 aromatic carbocycles. The normalized spacial score (nSPS) is 21.5. The third kappa shape index (κ3) is 4.73. The minimum absolute atomic E-state index is 0.0584. The van der Waals surface area contributed by atoms with Crippen LogP contribution in [-0.2, 0) is 6.42 Å². The lowest BCUT2D eigenvalue weighted by Crippen LogP contribution is -2.49. The number of halogens is 4. The maximum absolute atomic E-state index is 15.6. The van der Waals surface area contributed by atoms with Crippen molar-refractivity contribution in [1.82, 2.24) is 14.8 Å². The van der Waals surface area contributed by atoms with Crippen LogP contribution in [0.3, 0.4) is 0 Å². The van der Waals surface area contributed by atoms with Gasteiger partial charge in [-0.2, -0.15) is 4.39 Å². The van der Waals surface area contributed by atoms with Gasteiger partial charge in [0.15, 0.2) is 11.6 Å². The molecule has 2 aliphatic heterocycles. The molecule has 0 amide bonds. The molecule has 0 unspecified atom stereocenters. The van der Waals surface area contributed by atoms with Crippen LogP contribution >= 0.6 is 0 Å². The molecule has 5 rings (SSSR count). The standard InChI is InChI=1S/C28H33F4N3O/c1-17-12-21-19-6-4-5-7-22(19)33-26(21)27(35(17)16-28(2,3)32)20-8-9-23(25(31)24(20)30)36-11-10-34-14-18(13-29)15-34/h4-9,17-18,27,33H,10-16H2,1-3H3/t17-,27-/m1/s1. The molecular weight excluding hydrogens is 470 g/mol. The molecular formula is C28H33F4N3O. The maximum atomic E-state index is 15.6. The number of fused-ring (bicyclic) bond motifs is 3. The molecule has 0 bridgehead atoms. The summed E-state index contributed by atoms with van der Waals surface area (Å²) in [5, 5.41) is 1.05. The summed E-state index contributed by atoms with van der Waals surface area (Å²) in [6.45, 7) is 6.75. The highest BCUT2D eigenvalue weighted by molar-refractivity contribution is 5.85. The zero-order valence-electron chi connectivity index (χ0n) is 21.0. The first-order valence-corrected chi connectivity index (χ1v) is 12.6. The van der Waals surface area contributed by atoms with Gasteiger partial charge in [-0.25, -0.2) is 8.78 Å². The lowest BCUT2D eigenvalue weighted by atomic mass is 9.87.